The molecule has 5 heteroatoms. The highest BCUT2D eigenvalue weighted by atomic mass is 79.9. The van der Waals surface area contributed by atoms with Gasteiger partial charge in [-0.3, -0.25) is 0 Å². The third kappa shape index (κ3) is 1.82. The van der Waals surface area contributed by atoms with Gasteiger partial charge in [-0.1, -0.05) is 15.9 Å². The van der Waals surface area contributed by atoms with E-state index < -0.39 is 0 Å². The Balaban J connectivity index is 2.10. The van der Waals surface area contributed by atoms with Crippen molar-refractivity contribution in [3.8, 4) is 0 Å². The first kappa shape index (κ1) is 11.0. The minimum Gasteiger partial charge on any atom is -0.351 e. The zero-order chi connectivity index (χ0) is 11.8. The van der Waals surface area contributed by atoms with E-state index in [1.165, 1.54) is 12.8 Å². The standard InChI is InChI=1S/C12H15BrN4/c1-9-7-11-12(14-4-6-17(11)15-9)16-5-2-3-10(16)8-13/h4,6-7,10H,2-3,5,8H2,1H3. The van der Waals surface area contributed by atoms with Crippen LogP contribution in [0.1, 0.15) is 18.5 Å². The molecule has 0 N–H and O–H groups in total. The van der Waals surface area contributed by atoms with Crippen LogP contribution >= 0.6 is 15.9 Å². The second-order valence-corrected chi connectivity index (χ2v) is 5.16. The molecule has 17 heavy (non-hydrogen) atoms. The fourth-order valence-electron chi connectivity index (χ4n) is 2.53. The van der Waals surface area contributed by atoms with Crippen molar-refractivity contribution < 1.29 is 0 Å². The molecule has 90 valence electrons. The SMILES string of the molecule is Cc1cc2c(N3CCCC3CBr)nccn2n1. The summed E-state index contributed by atoms with van der Waals surface area (Å²) in [6.45, 7) is 3.11. The van der Waals surface area contributed by atoms with Gasteiger partial charge in [0.25, 0.3) is 0 Å². The molecule has 0 spiro atoms. The molecule has 1 aliphatic rings. The van der Waals surface area contributed by atoms with Gasteiger partial charge < -0.3 is 4.90 Å². The Kier molecular flexibility index (Phi) is 2.78. The number of halogens is 1. The fraction of sp³-hybridized carbons (Fsp3) is 0.500. The first-order valence-electron chi connectivity index (χ1n) is 5.93. The van der Waals surface area contributed by atoms with Crippen molar-refractivity contribution in [2.75, 3.05) is 16.8 Å². The largest absolute Gasteiger partial charge is 0.351 e. The van der Waals surface area contributed by atoms with Crippen LogP contribution in [0.5, 0.6) is 0 Å². The first-order chi connectivity index (χ1) is 8.29. The van der Waals surface area contributed by atoms with Crippen molar-refractivity contribution in [1.29, 1.82) is 0 Å². The monoisotopic (exact) mass is 294 g/mol. The topological polar surface area (TPSA) is 33.4 Å². The van der Waals surface area contributed by atoms with Crippen molar-refractivity contribution in [3.05, 3.63) is 24.2 Å². The van der Waals surface area contributed by atoms with Crippen LogP contribution in [-0.2, 0) is 0 Å². The highest BCUT2D eigenvalue weighted by molar-refractivity contribution is 9.09. The summed E-state index contributed by atoms with van der Waals surface area (Å²) >= 11 is 3.59. The third-order valence-electron chi connectivity index (χ3n) is 3.32. The van der Waals surface area contributed by atoms with E-state index in [2.05, 4.69) is 37.0 Å². The molecular formula is C12H15BrN4. The van der Waals surface area contributed by atoms with Gasteiger partial charge in [-0.05, 0) is 25.8 Å². The van der Waals surface area contributed by atoms with Gasteiger partial charge in [-0.15, -0.1) is 0 Å². The molecule has 0 aromatic carbocycles. The summed E-state index contributed by atoms with van der Waals surface area (Å²) in [5.74, 6) is 1.06. The summed E-state index contributed by atoms with van der Waals surface area (Å²) in [5, 5.41) is 5.44. The van der Waals surface area contributed by atoms with Crippen LogP contribution in [0.2, 0.25) is 0 Å². The van der Waals surface area contributed by atoms with Gasteiger partial charge in [0.1, 0.15) is 5.52 Å². The highest BCUT2D eigenvalue weighted by Gasteiger charge is 2.26. The summed E-state index contributed by atoms with van der Waals surface area (Å²) in [5.41, 5.74) is 2.15. The molecule has 0 bridgehead atoms. The maximum atomic E-state index is 4.54. The number of hydrogen-bond acceptors (Lipinski definition) is 3. The number of nitrogens with zero attached hydrogens (tertiary/aromatic N) is 4. The average Bonchev–Trinajstić information content (AvgIpc) is 2.92. The molecule has 0 amide bonds. The number of aromatic nitrogens is 3. The normalized spacial score (nSPS) is 20.4. The number of rotatable bonds is 2. The van der Waals surface area contributed by atoms with Gasteiger partial charge >= 0.3 is 0 Å². The van der Waals surface area contributed by atoms with E-state index in [9.17, 15) is 0 Å². The molecule has 1 saturated heterocycles. The van der Waals surface area contributed by atoms with E-state index in [1.54, 1.807) is 0 Å². The van der Waals surface area contributed by atoms with Gasteiger partial charge in [-0.25, -0.2) is 9.50 Å². The van der Waals surface area contributed by atoms with Crippen molar-refractivity contribution in [2.45, 2.75) is 25.8 Å². The number of hydrogen-bond donors (Lipinski definition) is 0. The molecule has 1 fully saturated rings. The van der Waals surface area contributed by atoms with Gasteiger partial charge in [0, 0.05) is 30.3 Å². The number of alkyl halides is 1. The quantitative estimate of drug-likeness (QED) is 0.798. The lowest BCUT2D eigenvalue weighted by molar-refractivity contribution is 0.740. The molecule has 2 aromatic heterocycles. The van der Waals surface area contributed by atoms with Crippen LogP contribution in [0, 0.1) is 6.92 Å². The van der Waals surface area contributed by atoms with E-state index in [4.69, 9.17) is 0 Å². The molecule has 0 saturated carbocycles. The van der Waals surface area contributed by atoms with Crippen molar-refractivity contribution >= 4 is 27.3 Å². The van der Waals surface area contributed by atoms with Crippen molar-refractivity contribution in [2.24, 2.45) is 0 Å². The molecular weight excluding hydrogens is 280 g/mol. The minimum absolute atomic E-state index is 0.559. The molecule has 1 aliphatic heterocycles. The summed E-state index contributed by atoms with van der Waals surface area (Å²) in [6, 6.07) is 2.66. The summed E-state index contributed by atoms with van der Waals surface area (Å²) in [6.07, 6.45) is 6.22. The van der Waals surface area contributed by atoms with E-state index in [1.807, 2.05) is 23.8 Å². The molecule has 0 aliphatic carbocycles. The van der Waals surface area contributed by atoms with Crippen LogP contribution in [0.25, 0.3) is 5.52 Å². The first-order valence-corrected chi connectivity index (χ1v) is 7.05. The molecule has 3 heterocycles. The predicted molar refractivity (Wildman–Crippen MR) is 71.9 cm³/mol. The molecule has 1 atom stereocenters. The molecule has 1 unspecified atom stereocenters. The third-order valence-corrected chi connectivity index (χ3v) is 4.07. The molecule has 4 nitrogen and oxygen atoms in total. The number of fused-ring (bicyclic) bond motifs is 1. The average molecular weight is 295 g/mol. The lowest BCUT2D eigenvalue weighted by Gasteiger charge is -2.24. The Morgan fingerprint density at radius 1 is 1.53 bits per heavy atom. The van der Waals surface area contributed by atoms with Gasteiger partial charge in [0.15, 0.2) is 5.82 Å². The maximum absolute atomic E-state index is 4.54. The lowest BCUT2D eigenvalue weighted by Crippen LogP contribution is -2.31. The Bertz CT molecular complexity index is 536. The number of aryl methyl sites for hydroxylation is 1. The van der Waals surface area contributed by atoms with E-state index in [0.717, 1.165) is 28.9 Å². The van der Waals surface area contributed by atoms with Crippen LogP contribution in [0.4, 0.5) is 5.82 Å². The summed E-state index contributed by atoms with van der Waals surface area (Å²) in [7, 11) is 0. The van der Waals surface area contributed by atoms with Crippen LogP contribution in [0.15, 0.2) is 18.5 Å². The van der Waals surface area contributed by atoms with E-state index in [0.29, 0.717) is 6.04 Å². The Labute approximate surface area is 109 Å². The second kappa shape index (κ2) is 4.29. The molecule has 0 radical (unpaired) electrons. The van der Waals surface area contributed by atoms with E-state index in [-0.39, 0.29) is 0 Å². The number of anilines is 1. The molecule has 3 rings (SSSR count). The van der Waals surface area contributed by atoms with Gasteiger partial charge in [-0.2, -0.15) is 5.10 Å². The van der Waals surface area contributed by atoms with Crippen molar-refractivity contribution in [1.82, 2.24) is 14.6 Å². The highest BCUT2D eigenvalue weighted by Crippen LogP contribution is 2.28. The van der Waals surface area contributed by atoms with Crippen LogP contribution < -0.4 is 4.90 Å². The zero-order valence-corrected chi connectivity index (χ0v) is 11.4. The Morgan fingerprint density at radius 3 is 3.24 bits per heavy atom. The van der Waals surface area contributed by atoms with Gasteiger partial charge in [0.05, 0.1) is 5.69 Å². The lowest BCUT2D eigenvalue weighted by atomic mass is 10.2. The summed E-state index contributed by atoms with van der Waals surface area (Å²) in [4.78, 5) is 6.94. The Hall–Kier alpha value is -1.10. The smallest absolute Gasteiger partial charge is 0.154 e. The van der Waals surface area contributed by atoms with Gasteiger partial charge in [0.2, 0.25) is 0 Å². The van der Waals surface area contributed by atoms with Crippen LogP contribution in [-0.4, -0.2) is 32.5 Å². The summed E-state index contributed by atoms with van der Waals surface area (Å²) < 4.78 is 1.92. The second-order valence-electron chi connectivity index (χ2n) is 4.51. The zero-order valence-electron chi connectivity index (χ0n) is 9.80. The van der Waals surface area contributed by atoms with Crippen LogP contribution in [0.3, 0.4) is 0 Å². The Morgan fingerprint density at radius 2 is 2.41 bits per heavy atom. The minimum atomic E-state index is 0.559. The fourth-order valence-corrected chi connectivity index (χ4v) is 3.20. The van der Waals surface area contributed by atoms with E-state index >= 15 is 0 Å². The molecule has 2 aromatic rings. The maximum Gasteiger partial charge on any atom is 0.154 e. The van der Waals surface area contributed by atoms with Crippen molar-refractivity contribution in [3.63, 3.8) is 0 Å². The predicted octanol–water partition coefficient (Wildman–Crippen LogP) is 2.40.